The molecule has 7 heavy (non-hydrogen) atoms. The molecule has 36 valence electrons. The molecule has 0 aromatic rings. The number of allylic oxidation sites excluding steroid dienone is 1. The maximum Gasteiger partial charge on any atom is 0.133 e. The molecule has 0 aliphatic carbocycles. The summed E-state index contributed by atoms with van der Waals surface area (Å²) < 4.78 is 11.2. The van der Waals surface area contributed by atoms with E-state index >= 15 is 0 Å². The van der Waals surface area contributed by atoms with Gasteiger partial charge in [-0.25, -0.2) is 4.39 Å². The van der Waals surface area contributed by atoms with Crippen molar-refractivity contribution in [1.29, 1.82) is 10.7 Å². The van der Waals surface area contributed by atoms with Gasteiger partial charge in [-0.1, -0.05) is 0 Å². The number of nitrogens with one attached hydrogen (secondary N) is 1. The Balaban J connectivity index is 3.95. The van der Waals surface area contributed by atoms with Crippen molar-refractivity contribution in [1.82, 2.24) is 0 Å². The first-order valence-corrected chi connectivity index (χ1v) is 1.59. The Kier molecular flexibility index (Phi) is 2.58. The lowest BCUT2D eigenvalue weighted by molar-refractivity contribution is 0.553. The Morgan fingerprint density at radius 1 is 1.86 bits per heavy atom. The quantitative estimate of drug-likeness (QED) is 0.380. The molecule has 1 N–H and O–H groups in total. The molecule has 0 heterocycles. The van der Waals surface area contributed by atoms with Crippen molar-refractivity contribution in [3.63, 3.8) is 0 Å². The Labute approximate surface area is 40.4 Å². The van der Waals surface area contributed by atoms with E-state index in [-0.39, 0.29) is 5.57 Å². The fourth-order valence-electron chi connectivity index (χ4n) is 0.0912. The lowest BCUT2D eigenvalue weighted by Crippen LogP contribution is -1.77. The molecule has 0 rings (SSSR count). The number of nitriles is 1. The smallest absolute Gasteiger partial charge is 0.133 e. The average Bonchev–Trinajstić information content (AvgIpc) is 1.72. The maximum atomic E-state index is 11.2. The van der Waals surface area contributed by atoms with Crippen LogP contribution in [0.5, 0.6) is 0 Å². The molecule has 0 spiro atoms. The van der Waals surface area contributed by atoms with Crippen molar-refractivity contribution in [2.45, 2.75) is 0 Å². The molecular weight excluding hydrogens is 95.1 g/mol. The molecule has 0 fully saturated rings. The van der Waals surface area contributed by atoms with Crippen LogP contribution in [0.15, 0.2) is 5.57 Å². The molecule has 0 radical (unpaired) electrons. The predicted octanol–water partition coefficient (Wildman–Crippen LogP) is 0.654. The van der Waals surface area contributed by atoms with Gasteiger partial charge in [-0.05, 0) is 5.87 Å². The van der Waals surface area contributed by atoms with Crippen molar-refractivity contribution >= 4 is 5.87 Å². The lowest BCUT2D eigenvalue weighted by Gasteiger charge is -1.72. The summed E-state index contributed by atoms with van der Waals surface area (Å²) in [4.78, 5) is 0. The van der Waals surface area contributed by atoms with Gasteiger partial charge in [0.15, 0.2) is 0 Å². The molecule has 0 aliphatic heterocycles. The zero-order valence-corrected chi connectivity index (χ0v) is 3.53. The molecule has 0 bridgehead atoms. The number of nitrogens with zero attached hydrogens (tertiary/aromatic N) is 1. The highest BCUT2D eigenvalue weighted by molar-refractivity contribution is 5.60. The van der Waals surface area contributed by atoms with E-state index in [1.807, 2.05) is 0 Å². The van der Waals surface area contributed by atoms with Gasteiger partial charge in [0.05, 0.1) is 0 Å². The summed E-state index contributed by atoms with van der Waals surface area (Å²) in [6, 6.07) is 1.44. The molecule has 2 nitrogen and oxygen atoms in total. The van der Waals surface area contributed by atoms with Crippen LogP contribution in [0.25, 0.3) is 0 Å². The zero-order valence-electron chi connectivity index (χ0n) is 3.53. The molecule has 0 unspecified atom stereocenters. The van der Waals surface area contributed by atoms with Crippen LogP contribution in [0.4, 0.5) is 4.39 Å². The molecule has 0 aromatic carbocycles. The third kappa shape index (κ3) is 1.69. The SMILES string of the molecule is N#CC(=C=N)CF. The van der Waals surface area contributed by atoms with Crippen LogP contribution in [0.3, 0.4) is 0 Å². The Bertz CT molecular complexity index is 138. The van der Waals surface area contributed by atoms with Gasteiger partial charge in [0.2, 0.25) is 0 Å². The van der Waals surface area contributed by atoms with Gasteiger partial charge < -0.3 is 0 Å². The second kappa shape index (κ2) is 3.08. The van der Waals surface area contributed by atoms with Crippen molar-refractivity contribution in [3.8, 4) is 6.07 Å². The molecule has 0 aromatic heterocycles. The number of hydrogen-bond donors (Lipinski definition) is 1. The van der Waals surface area contributed by atoms with Gasteiger partial charge in [0.25, 0.3) is 0 Å². The number of rotatable bonds is 1. The van der Waals surface area contributed by atoms with E-state index in [0.717, 1.165) is 0 Å². The second-order valence-corrected chi connectivity index (χ2v) is 0.849. The van der Waals surface area contributed by atoms with Crippen LogP contribution in [-0.4, -0.2) is 12.5 Å². The van der Waals surface area contributed by atoms with E-state index in [1.165, 1.54) is 6.07 Å². The van der Waals surface area contributed by atoms with Crippen molar-refractivity contribution in [2.75, 3.05) is 6.67 Å². The third-order valence-corrected chi connectivity index (χ3v) is 0.419. The molecular formula is C4H3FN2. The number of halogens is 1. The summed E-state index contributed by atoms with van der Waals surface area (Å²) in [5.74, 6) is 1.63. The normalized spacial score (nSPS) is 6.29. The van der Waals surface area contributed by atoms with Crippen molar-refractivity contribution in [2.24, 2.45) is 0 Å². The molecule has 3 heteroatoms. The minimum Gasteiger partial charge on any atom is -0.258 e. The topological polar surface area (TPSA) is 47.6 Å². The second-order valence-electron chi connectivity index (χ2n) is 0.849. The summed E-state index contributed by atoms with van der Waals surface area (Å²) in [6.45, 7) is -0.889. The van der Waals surface area contributed by atoms with E-state index in [2.05, 4.69) is 0 Å². The third-order valence-electron chi connectivity index (χ3n) is 0.419. The van der Waals surface area contributed by atoms with Crippen LogP contribution in [0.1, 0.15) is 0 Å². The minimum atomic E-state index is -0.889. The Hall–Kier alpha value is -1.13. The van der Waals surface area contributed by atoms with Gasteiger partial charge in [-0.3, -0.25) is 5.41 Å². The van der Waals surface area contributed by atoms with E-state index in [0.29, 0.717) is 0 Å². The van der Waals surface area contributed by atoms with Gasteiger partial charge in [0, 0.05) is 0 Å². The summed E-state index contributed by atoms with van der Waals surface area (Å²) in [7, 11) is 0. The first-order chi connectivity index (χ1) is 3.35. The highest BCUT2D eigenvalue weighted by Crippen LogP contribution is 1.82. The standard InChI is InChI=1S/C4H3FN2/c5-1-4(2-6)3-7/h6H,1H2. The number of alkyl halides is 1. The fourth-order valence-corrected chi connectivity index (χ4v) is 0.0912. The fraction of sp³-hybridized carbons (Fsp3) is 0.250. The van der Waals surface area contributed by atoms with Gasteiger partial charge in [0.1, 0.15) is 18.3 Å². The van der Waals surface area contributed by atoms with Gasteiger partial charge in [-0.15, -0.1) is 0 Å². The first-order valence-electron chi connectivity index (χ1n) is 1.59. The van der Waals surface area contributed by atoms with Crippen LogP contribution in [-0.2, 0) is 0 Å². The van der Waals surface area contributed by atoms with E-state index < -0.39 is 6.67 Å². The lowest BCUT2D eigenvalue weighted by atomic mass is 10.4. The van der Waals surface area contributed by atoms with Gasteiger partial charge in [-0.2, -0.15) is 5.26 Å². The molecule has 0 aliphatic rings. The predicted molar refractivity (Wildman–Crippen MR) is 22.8 cm³/mol. The first kappa shape index (κ1) is 5.87. The maximum absolute atomic E-state index is 11.2. The monoisotopic (exact) mass is 98.0 g/mol. The summed E-state index contributed by atoms with van der Waals surface area (Å²) in [5, 5.41) is 14.0. The Morgan fingerprint density at radius 2 is 2.43 bits per heavy atom. The zero-order chi connectivity index (χ0) is 5.70. The Morgan fingerprint density at radius 3 is 2.43 bits per heavy atom. The summed E-state index contributed by atoms with van der Waals surface area (Å²) in [5.41, 5.74) is -0.264. The van der Waals surface area contributed by atoms with Crippen LogP contribution >= 0.6 is 0 Å². The molecule has 0 atom stereocenters. The highest BCUT2D eigenvalue weighted by atomic mass is 19.1. The molecule has 0 saturated carbocycles. The van der Waals surface area contributed by atoms with Crippen LogP contribution in [0, 0.1) is 16.7 Å². The van der Waals surface area contributed by atoms with E-state index in [1.54, 1.807) is 5.87 Å². The summed E-state index contributed by atoms with van der Waals surface area (Å²) >= 11 is 0. The summed E-state index contributed by atoms with van der Waals surface area (Å²) in [6.07, 6.45) is 0. The molecule has 0 amide bonds. The van der Waals surface area contributed by atoms with E-state index in [9.17, 15) is 4.39 Å². The highest BCUT2D eigenvalue weighted by Gasteiger charge is 1.86. The van der Waals surface area contributed by atoms with Crippen LogP contribution in [0.2, 0.25) is 0 Å². The average molecular weight is 98.1 g/mol. The van der Waals surface area contributed by atoms with Crippen molar-refractivity contribution in [3.05, 3.63) is 5.57 Å². The minimum absolute atomic E-state index is 0.264. The van der Waals surface area contributed by atoms with Crippen molar-refractivity contribution < 1.29 is 4.39 Å². The largest absolute Gasteiger partial charge is 0.258 e. The van der Waals surface area contributed by atoms with E-state index in [4.69, 9.17) is 10.7 Å². The molecule has 0 saturated heterocycles. The number of hydrogen-bond acceptors (Lipinski definition) is 2. The van der Waals surface area contributed by atoms with Gasteiger partial charge >= 0.3 is 0 Å². The van der Waals surface area contributed by atoms with Crippen LogP contribution < -0.4 is 0 Å².